The Kier molecular flexibility index (Phi) is 5.01. The number of para-hydroxylation sites is 2. The second-order valence-corrected chi connectivity index (χ2v) is 10.5. The van der Waals surface area contributed by atoms with Crippen LogP contribution in [-0.4, -0.2) is 28.8 Å². The topological polar surface area (TPSA) is 84.1 Å². The number of nitrogens with zero attached hydrogens (tertiary/aromatic N) is 1. The van der Waals surface area contributed by atoms with Gasteiger partial charge in [-0.15, -0.1) is 0 Å². The SMILES string of the molecule is COc1ccc2c(c1)CCC1C2CC[C@]2(C)C(=O)C[C@H](C(=O)NCc3nc4ccccc4[nH]3)C12. The molecular weight excluding hydrogens is 426 g/mol. The number of fused-ring (bicyclic) bond motifs is 6. The standard InChI is InChI=1S/C28H31N3O3/c1-28-12-11-19-18-10-8-17(34-2)13-16(18)7-9-20(19)26(28)21(14-24(28)32)27(33)29-15-25-30-22-5-3-4-6-23(22)31-25/h3-6,8,10,13,19-21,26H,7,9,11-12,14-15H2,1-2H3,(H,29,33)(H,30,31)/t19?,20?,21-,26?,28+/m0/s1. The predicted octanol–water partition coefficient (Wildman–Crippen LogP) is 4.54. The Labute approximate surface area is 199 Å². The number of ketones is 1. The van der Waals surface area contributed by atoms with E-state index in [0.717, 1.165) is 48.3 Å². The lowest BCUT2D eigenvalue weighted by atomic mass is 9.54. The van der Waals surface area contributed by atoms with Crippen LogP contribution in [0.2, 0.25) is 0 Å². The number of benzene rings is 2. The van der Waals surface area contributed by atoms with Crippen LogP contribution in [-0.2, 0) is 22.6 Å². The highest BCUT2D eigenvalue weighted by atomic mass is 16.5. The fraction of sp³-hybridized carbons (Fsp3) is 0.464. The van der Waals surface area contributed by atoms with Crippen LogP contribution in [0.1, 0.15) is 55.5 Å². The third kappa shape index (κ3) is 3.26. The maximum atomic E-state index is 13.5. The Bertz CT molecular complexity index is 1250. The Balaban J connectivity index is 1.25. The monoisotopic (exact) mass is 457 g/mol. The molecule has 0 aliphatic heterocycles. The van der Waals surface area contributed by atoms with Crippen LogP contribution in [0.5, 0.6) is 5.75 Å². The summed E-state index contributed by atoms with van der Waals surface area (Å²) in [6, 6.07) is 14.3. The third-order valence-electron chi connectivity index (χ3n) is 8.87. The van der Waals surface area contributed by atoms with E-state index in [9.17, 15) is 9.59 Å². The predicted molar refractivity (Wildman–Crippen MR) is 129 cm³/mol. The first-order valence-corrected chi connectivity index (χ1v) is 12.4. The molecule has 0 bridgehead atoms. The fourth-order valence-electron chi connectivity index (χ4n) is 7.21. The molecule has 1 aromatic heterocycles. The molecule has 2 N–H and O–H groups in total. The quantitative estimate of drug-likeness (QED) is 0.603. The minimum atomic E-state index is -0.396. The molecule has 3 unspecified atom stereocenters. The molecule has 0 spiro atoms. The van der Waals surface area contributed by atoms with E-state index in [1.165, 1.54) is 11.1 Å². The van der Waals surface area contributed by atoms with E-state index < -0.39 is 5.41 Å². The normalized spacial score (nSPS) is 29.9. The van der Waals surface area contributed by atoms with Crippen molar-refractivity contribution in [3.8, 4) is 5.75 Å². The zero-order valence-corrected chi connectivity index (χ0v) is 19.8. The van der Waals surface area contributed by atoms with Gasteiger partial charge in [0, 0.05) is 17.8 Å². The molecule has 5 atom stereocenters. The smallest absolute Gasteiger partial charge is 0.224 e. The number of hydrogen-bond donors (Lipinski definition) is 2. The summed E-state index contributed by atoms with van der Waals surface area (Å²) in [7, 11) is 1.71. The van der Waals surface area contributed by atoms with Crippen LogP contribution in [0.15, 0.2) is 42.5 Å². The molecule has 176 valence electrons. The number of nitrogens with one attached hydrogen (secondary N) is 2. The number of carbonyl (C=O) groups is 2. The van der Waals surface area contributed by atoms with Crippen molar-refractivity contribution in [3.63, 3.8) is 0 Å². The van der Waals surface area contributed by atoms with Crippen molar-refractivity contribution in [2.24, 2.45) is 23.2 Å². The highest BCUT2D eigenvalue weighted by Gasteiger charge is 2.60. The van der Waals surface area contributed by atoms with E-state index in [4.69, 9.17) is 4.74 Å². The van der Waals surface area contributed by atoms with Gasteiger partial charge in [0.05, 0.1) is 24.7 Å². The average molecular weight is 458 g/mol. The van der Waals surface area contributed by atoms with Crippen molar-refractivity contribution < 1.29 is 14.3 Å². The van der Waals surface area contributed by atoms with Crippen LogP contribution >= 0.6 is 0 Å². The van der Waals surface area contributed by atoms with Crippen LogP contribution in [0.25, 0.3) is 11.0 Å². The summed E-state index contributed by atoms with van der Waals surface area (Å²) in [6.07, 6.45) is 4.21. The largest absolute Gasteiger partial charge is 0.497 e. The van der Waals surface area contributed by atoms with Gasteiger partial charge in [-0.05, 0) is 78.8 Å². The van der Waals surface area contributed by atoms with E-state index in [2.05, 4.69) is 34.3 Å². The summed E-state index contributed by atoms with van der Waals surface area (Å²) >= 11 is 0. The Morgan fingerprint density at radius 1 is 1.24 bits per heavy atom. The molecule has 3 aliphatic carbocycles. The molecule has 6 heteroatoms. The van der Waals surface area contributed by atoms with Crippen LogP contribution in [0.4, 0.5) is 0 Å². The summed E-state index contributed by atoms with van der Waals surface area (Å²) in [5, 5.41) is 3.10. The summed E-state index contributed by atoms with van der Waals surface area (Å²) < 4.78 is 5.44. The number of amides is 1. The molecule has 2 fully saturated rings. The van der Waals surface area contributed by atoms with Crippen molar-refractivity contribution >= 4 is 22.7 Å². The van der Waals surface area contributed by atoms with Crippen molar-refractivity contribution in [1.82, 2.24) is 15.3 Å². The van der Waals surface area contributed by atoms with E-state index in [-0.39, 0.29) is 23.5 Å². The molecule has 0 saturated heterocycles. The van der Waals surface area contributed by atoms with Crippen LogP contribution in [0.3, 0.4) is 0 Å². The van der Waals surface area contributed by atoms with E-state index in [0.29, 0.717) is 24.8 Å². The lowest BCUT2D eigenvalue weighted by Crippen LogP contribution is -2.46. The number of aromatic nitrogens is 2. The molecule has 6 rings (SSSR count). The molecule has 2 aromatic carbocycles. The van der Waals surface area contributed by atoms with Crippen molar-refractivity contribution in [1.29, 1.82) is 0 Å². The maximum absolute atomic E-state index is 13.5. The molecule has 1 amide bonds. The van der Waals surface area contributed by atoms with Gasteiger partial charge >= 0.3 is 0 Å². The molecule has 2 saturated carbocycles. The van der Waals surface area contributed by atoms with E-state index in [1.54, 1.807) is 7.11 Å². The van der Waals surface area contributed by atoms with Gasteiger partial charge < -0.3 is 15.0 Å². The lowest BCUT2D eigenvalue weighted by Gasteiger charge is -2.49. The maximum Gasteiger partial charge on any atom is 0.224 e. The molecule has 0 radical (unpaired) electrons. The zero-order valence-electron chi connectivity index (χ0n) is 19.8. The number of ether oxygens (including phenoxy) is 1. The first-order chi connectivity index (χ1) is 16.5. The number of aromatic amines is 1. The van der Waals surface area contributed by atoms with Crippen LogP contribution in [0, 0.1) is 23.2 Å². The van der Waals surface area contributed by atoms with E-state index in [1.807, 2.05) is 30.3 Å². The van der Waals surface area contributed by atoms with Gasteiger partial charge in [-0.1, -0.05) is 25.1 Å². The highest BCUT2D eigenvalue weighted by molar-refractivity contribution is 5.94. The first-order valence-electron chi connectivity index (χ1n) is 12.4. The van der Waals surface area contributed by atoms with E-state index >= 15 is 0 Å². The summed E-state index contributed by atoms with van der Waals surface area (Å²) in [4.78, 5) is 34.5. The minimum Gasteiger partial charge on any atom is -0.497 e. The number of carbonyl (C=O) groups excluding carboxylic acids is 2. The number of imidazole rings is 1. The Morgan fingerprint density at radius 3 is 2.91 bits per heavy atom. The van der Waals surface area contributed by atoms with Gasteiger partial charge in [0.2, 0.25) is 5.91 Å². The minimum absolute atomic E-state index is 0.0105. The van der Waals surface area contributed by atoms with Gasteiger partial charge in [0.15, 0.2) is 0 Å². The molecule has 3 aliphatic rings. The Hall–Kier alpha value is -3.15. The van der Waals surface area contributed by atoms with Gasteiger partial charge in [0.25, 0.3) is 0 Å². The van der Waals surface area contributed by atoms with Crippen molar-refractivity contribution in [2.45, 2.75) is 51.5 Å². The first kappa shape index (κ1) is 21.4. The molecule has 3 aromatic rings. The summed E-state index contributed by atoms with van der Waals surface area (Å²) in [6.45, 7) is 2.46. The van der Waals surface area contributed by atoms with Gasteiger partial charge in [0.1, 0.15) is 17.4 Å². The van der Waals surface area contributed by atoms with Gasteiger partial charge in [-0.2, -0.15) is 0 Å². The van der Waals surface area contributed by atoms with Crippen LogP contribution < -0.4 is 10.1 Å². The summed E-state index contributed by atoms with van der Waals surface area (Å²) in [5.74, 6) is 2.47. The van der Waals surface area contributed by atoms with Gasteiger partial charge in [-0.3, -0.25) is 9.59 Å². The number of H-pyrrole nitrogens is 1. The second-order valence-electron chi connectivity index (χ2n) is 10.5. The second kappa shape index (κ2) is 7.97. The molecule has 6 nitrogen and oxygen atoms in total. The number of Topliss-reactive ketones (excluding diaryl/α,β-unsaturated/α-hetero) is 1. The number of hydrogen-bond acceptors (Lipinski definition) is 4. The molecular formula is C28H31N3O3. The van der Waals surface area contributed by atoms with Crippen molar-refractivity contribution in [3.05, 3.63) is 59.4 Å². The number of aryl methyl sites for hydroxylation is 1. The van der Waals surface area contributed by atoms with Crippen molar-refractivity contribution in [2.75, 3.05) is 7.11 Å². The molecule has 1 heterocycles. The third-order valence-corrected chi connectivity index (χ3v) is 8.87. The number of rotatable bonds is 4. The summed E-state index contributed by atoms with van der Waals surface area (Å²) in [5.41, 5.74) is 4.21. The Morgan fingerprint density at radius 2 is 2.09 bits per heavy atom. The average Bonchev–Trinajstić information content (AvgIpc) is 3.40. The zero-order chi connectivity index (χ0) is 23.4. The molecule has 34 heavy (non-hydrogen) atoms. The van der Waals surface area contributed by atoms with Gasteiger partial charge in [-0.25, -0.2) is 4.98 Å². The fourth-order valence-corrected chi connectivity index (χ4v) is 7.21. The lowest BCUT2D eigenvalue weighted by molar-refractivity contribution is -0.130. The number of methoxy groups -OCH3 is 1. The highest BCUT2D eigenvalue weighted by Crippen LogP contribution is 2.61.